The lowest BCUT2D eigenvalue weighted by Crippen LogP contribution is -2.17. The molecule has 2 rings (SSSR count). The Kier molecular flexibility index (Phi) is 3.79. The number of aryl methyl sites for hydroxylation is 2. The number of hydrogen-bond acceptors (Lipinski definition) is 3. The van der Waals surface area contributed by atoms with Gasteiger partial charge in [-0.25, -0.2) is 4.79 Å². The molecule has 0 saturated heterocycles. The Balaban J connectivity index is 2.33. The van der Waals surface area contributed by atoms with E-state index in [-0.39, 0.29) is 11.1 Å². The molecule has 0 radical (unpaired) electrons. The maximum absolute atomic E-state index is 12.2. The van der Waals surface area contributed by atoms with Crippen LogP contribution in [-0.2, 0) is 0 Å². The number of amides is 1. The number of carbonyl (C=O) groups is 2. The first-order chi connectivity index (χ1) is 9.49. The Morgan fingerprint density at radius 3 is 2.60 bits per heavy atom. The molecule has 5 heteroatoms. The van der Waals surface area contributed by atoms with E-state index in [1.807, 2.05) is 32.0 Å². The number of nitrogens with one attached hydrogen (secondary N) is 1. The van der Waals surface area contributed by atoms with Crippen molar-refractivity contribution in [2.45, 2.75) is 13.8 Å². The van der Waals surface area contributed by atoms with Gasteiger partial charge < -0.3 is 10.4 Å². The van der Waals surface area contributed by atoms with E-state index >= 15 is 0 Å². The highest BCUT2D eigenvalue weighted by Gasteiger charge is 2.17. The van der Waals surface area contributed by atoms with E-state index in [1.165, 1.54) is 18.5 Å². The number of anilines is 1. The van der Waals surface area contributed by atoms with Gasteiger partial charge >= 0.3 is 5.97 Å². The molecule has 0 spiro atoms. The molecule has 0 atom stereocenters. The Morgan fingerprint density at radius 2 is 1.90 bits per heavy atom. The van der Waals surface area contributed by atoms with Crippen molar-refractivity contribution >= 4 is 17.6 Å². The van der Waals surface area contributed by atoms with E-state index in [4.69, 9.17) is 5.11 Å². The number of carbonyl (C=O) groups excluding carboxylic acids is 1. The summed E-state index contributed by atoms with van der Waals surface area (Å²) >= 11 is 0. The zero-order valence-corrected chi connectivity index (χ0v) is 11.2. The van der Waals surface area contributed by atoms with Crippen molar-refractivity contribution in [2.75, 3.05) is 5.32 Å². The van der Waals surface area contributed by atoms with E-state index < -0.39 is 11.9 Å². The number of carboxylic acid groups (broad SMARTS) is 1. The van der Waals surface area contributed by atoms with Crippen molar-refractivity contribution in [3.05, 3.63) is 58.9 Å². The predicted octanol–water partition coefficient (Wildman–Crippen LogP) is 2.65. The molecule has 0 saturated carbocycles. The first-order valence-corrected chi connectivity index (χ1v) is 6.05. The molecular formula is C15H14N2O3. The summed E-state index contributed by atoms with van der Waals surface area (Å²) in [5, 5.41) is 11.8. The number of aromatic nitrogens is 1. The molecule has 0 aliphatic heterocycles. The summed E-state index contributed by atoms with van der Waals surface area (Å²) in [4.78, 5) is 27.0. The van der Waals surface area contributed by atoms with Gasteiger partial charge in [0, 0.05) is 18.1 Å². The van der Waals surface area contributed by atoms with Crippen LogP contribution in [0, 0.1) is 13.8 Å². The van der Waals surface area contributed by atoms with Gasteiger partial charge in [0.2, 0.25) is 0 Å². The molecule has 5 nitrogen and oxygen atoms in total. The van der Waals surface area contributed by atoms with Gasteiger partial charge in [0.15, 0.2) is 0 Å². The lowest BCUT2D eigenvalue weighted by Gasteiger charge is -2.10. The molecule has 20 heavy (non-hydrogen) atoms. The summed E-state index contributed by atoms with van der Waals surface area (Å²) in [6.45, 7) is 3.80. The third-order valence-corrected chi connectivity index (χ3v) is 2.94. The highest BCUT2D eigenvalue weighted by molar-refractivity contribution is 6.10. The summed E-state index contributed by atoms with van der Waals surface area (Å²) in [5.74, 6) is -1.64. The number of aromatic carboxylic acids is 1. The van der Waals surface area contributed by atoms with Gasteiger partial charge in [-0.3, -0.25) is 9.78 Å². The first kappa shape index (κ1) is 13.7. The van der Waals surface area contributed by atoms with Crippen molar-refractivity contribution in [3.8, 4) is 0 Å². The highest BCUT2D eigenvalue weighted by Crippen LogP contribution is 2.18. The Bertz CT molecular complexity index is 681. The van der Waals surface area contributed by atoms with E-state index in [0.717, 1.165) is 11.1 Å². The number of rotatable bonds is 3. The standard InChI is InChI=1S/C15H14N2O3/c1-9-3-4-10(2)13(7-9)17-14(18)11-5-6-16-8-12(11)15(19)20/h3-8H,1-2H3,(H,17,18)(H,19,20). The number of hydrogen-bond donors (Lipinski definition) is 2. The summed E-state index contributed by atoms with van der Waals surface area (Å²) in [7, 11) is 0. The van der Waals surface area contributed by atoms with Crippen LogP contribution in [0.25, 0.3) is 0 Å². The quantitative estimate of drug-likeness (QED) is 0.898. The SMILES string of the molecule is Cc1ccc(C)c(NC(=O)c2ccncc2C(=O)O)c1. The van der Waals surface area contributed by atoms with E-state index in [2.05, 4.69) is 10.3 Å². The normalized spacial score (nSPS) is 10.1. The van der Waals surface area contributed by atoms with Gasteiger partial charge in [0.05, 0.1) is 11.1 Å². The first-order valence-electron chi connectivity index (χ1n) is 6.05. The Labute approximate surface area is 116 Å². The van der Waals surface area contributed by atoms with Crippen LogP contribution in [0.3, 0.4) is 0 Å². The second kappa shape index (κ2) is 5.52. The summed E-state index contributed by atoms with van der Waals surface area (Å²) in [6, 6.07) is 7.08. The Morgan fingerprint density at radius 1 is 1.15 bits per heavy atom. The monoisotopic (exact) mass is 270 g/mol. The molecule has 1 amide bonds. The maximum atomic E-state index is 12.2. The van der Waals surface area contributed by atoms with Crippen LogP contribution >= 0.6 is 0 Å². The molecule has 2 aromatic rings. The molecule has 0 bridgehead atoms. The van der Waals surface area contributed by atoms with Crippen molar-refractivity contribution in [1.82, 2.24) is 4.98 Å². The lowest BCUT2D eigenvalue weighted by molar-refractivity contribution is 0.0692. The van der Waals surface area contributed by atoms with Gasteiger partial charge in [-0.05, 0) is 37.1 Å². The number of pyridine rings is 1. The zero-order valence-electron chi connectivity index (χ0n) is 11.2. The molecule has 0 aliphatic rings. The average molecular weight is 270 g/mol. The molecule has 0 aliphatic carbocycles. The third kappa shape index (κ3) is 2.83. The van der Waals surface area contributed by atoms with Crippen LogP contribution in [-0.4, -0.2) is 22.0 Å². The van der Waals surface area contributed by atoms with E-state index in [1.54, 1.807) is 0 Å². The second-order valence-corrected chi connectivity index (χ2v) is 4.50. The number of carboxylic acids is 1. The van der Waals surface area contributed by atoms with E-state index in [0.29, 0.717) is 5.69 Å². The fraction of sp³-hybridized carbons (Fsp3) is 0.133. The van der Waals surface area contributed by atoms with Crippen molar-refractivity contribution in [2.24, 2.45) is 0 Å². The molecule has 2 N–H and O–H groups in total. The molecular weight excluding hydrogens is 256 g/mol. The van der Waals surface area contributed by atoms with E-state index in [9.17, 15) is 9.59 Å². The fourth-order valence-corrected chi connectivity index (χ4v) is 1.82. The van der Waals surface area contributed by atoms with Gasteiger partial charge in [0.25, 0.3) is 5.91 Å². The molecule has 1 heterocycles. The van der Waals surface area contributed by atoms with Crippen LogP contribution in [0.1, 0.15) is 31.8 Å². The molecule has 0 unspecified atom stereocenters. The van der Waals surface area contributed by atoms with Crippen LogP contribution in [0.5, 0.6) is 0 Å². The highest BCUT2D eigenvalue weighted by atomic mass is 16.4. The van der Waals surface area contributed by atoms with Crippen LogP contribution < -0.4 is 5.32 Å². The predicted molar refractivity (Wildman–Crippen MR) is 75.1 cm³/mol. The summed E-state index contributed by atoms with van der Waals surface area (Å²) in [5.41, 5.74) is 2.57. The maximum Gasteiger partial charge on any atom is 0.338 e. The molecule has 1 aromatic heterocycles. The zero-order chi connectivity index (χ0) is 14.7. The smallest absolute Gasteiger partial charge is 0.338 e. The minimum atomic E-state index is -1.18. The van der Waals surface area contributed by atoms with Crippen LogP contribution in [0.2, 0.25) is 0 Å². The summed E-state index contributed by atoms with van der Waals surface area (Å²) in [6.07, 6.45) is 2.56. The van der Waals surface area contributed by atoms with Crippen LogP contribution in [0.4, 0.5) is 5.69 Å². The fourth-order valence-electron chi connectivity index (χ4n) is 1.82. The second-order valence-electron chi connectivity index (χ2n) is 4.50. The third-order valence-electron chi connectivity index (χ3n) is 2.94. The van der Waals surface area contributed by atoms with Crippen molar-refractivity contribution < 1.29 is 14.7 Å². The van der Waals surface area contributed by atoms with Crippen molar-refractivity contribution in [1.29, 1.82) is 0 Å². The summed E-state index contributed by atoms with van der Waals surface area (Å²) < 4.78 is 0. The van der Waals surface area contributed by atoms with Gasteiger partial charge in [-0.2, -0.15) is 0 Å². The largest absolute Gasteiger partial charge is 0.478 e. The Hall–Kier alpha value is -2.69. The van der Waals surface area contributed by atoms with Gasteiger partial charge in [-0.1, -0.05) is 12.1 Å². The van der Waals surface area contributed by atoms with Crippen LogP contribution in [0.15, 0.2) is 36.7 Å². The number of benzene rings is 1. The topological polar surface area (TPSA) is 79.3 Å². The molecule has 102 valence electrons. The van der Waals surface area contributed by atoms with Crippen molar-refractivity contribution in [3.63, 3.8) is 0 Å². The molecule has 1 aromatic carbocycles. The number of nitrogens with zero attached hydrogens (tertiary/aromatic N) is 1. The molecule has 0 fully saturated rings. The van der Waals surface area contributed by atoms with Gasteiger partial charge in [0.1, 0.15) is 0 Å². The minimum Gasteiger partial charge on any atom is -0.478 e. The van der Waals surface area contributed by atoms with Gasteiger partial charge in [-0.15, -0.1) is 0 Å². The average Bonchev–Trinajstić information content (AvgIpc) is 2.42. The lowest BCUT2D eigenvalue weighted by atomic mass is 10.1. The minimum absolute atomic E-state index is 0.0911.